The minimum atomic E-state index is -1.22. The number of carbonyl (C=O) groups is 2. The number of ether oxygens (including phenoxy) is 2. The number of rotatable bonds is 6. The van der Waals surface area contributed by atoms with Gasteiger partial charge in [-0.2, -0.15) is 0 Å². The number of amides is 2. The Balaban J connectivity index is 1.26. The van der Waals surface area contributed by atoms with Gasteiger partial charge in [-0.25, -0.2) is 0 Å². The van der Waals surface area contributed by atoms with Crippen LogP contribution in [0, 0.1) is 0 Å². The van der Waals surface area contributed by atoms with Crippen LogP contribution in [0.3, 0.4) is 0 Å². The Labute approximate surface area is 244 Å². The van der Waals surface area contributed by atoms with E-state index >= 15 is 0 Å². The number of piperidine rings is 1. The van der Waals surface area contributed by atoms with Gasteiger partial charge in [0.1, 0.15) is 6.10 Å². The second kappa shape index (κ2) is 9.91. The molecule has 2 amide bonds. The second-order valence-electron chi connectivity index (χ2n) is 11.8. The lowest BCUT2D eigenvalue weighted by atomic mass is 9.48. The van der Waals surface area contributed by atoms with Crippen molar-refractivity contribution < 1.29 is 28.6 Å². The molecule has 42 heavy (non-hydrogen) atoms. The maximum atomic E-state index is 13.6. The van der Waals surface area contributed by atoms with E-state index < -0.39 is 23.2 Å². The lowest BCUT2D eigenvalue weighted by molar-refractivity contribution is -0.200. The summed E-state index contributed by atoms with van der Waals surface area (Å²) in [6.45, 7) is 0.478. The van der Waals surface area contributed by atoms with E-state index in [9.17, 15) is 14.7 Å². The first-order valence-electron chi connectivity index (χ1n) is 14.5. The van der Waals surface area contributed by atoms with Gasteiger partial charge in [-0.15, -0.1) is 0 Å². The molecule has 1 saturated carbocycles. The Kier molecular flexibility index (Phi) is 6.27. The zero-order valence-electron chi connectivity index (χ0n) is 23.7. The second-order valence-corrected chi connectivity index (χ2v) is 11.8. The van der Waals surface area contributed by atoms with Crippen LogP contribution in [0.1, 0.15) is 41.5 Å². The number of carbonyl (C=O) groups excluding carboxylic acids is 2. The molecular weight excluding hydrogens is 532 g/mol. The molecule has 7 rings (SSSR count). The number of furan rings is 1. The van der Waals surface area contributed by atoms with Crippen LogP contribution in [0.2, 0.25) is 0 Å². The molecule has 8 nitrogen and oxygen atoms in total. The molecule has 8 heteroatoms. The third-order valence-corrected chi connectivity index (χ3v) is 9.94. The molecule has 1 spiro atoms. The number of hydrogen-bond donors (Lipinski definition) is 1. The summed E-state index contributed by atoms with van der Waals surface area (Å²) >= 11 is 0. The standard InChI is InChI=1S/C34H34N2O6/c1-35(28(37)12-9-23-15-19-41-21-23)25-14-16-34(39)27-20-24-10-11-26(40-2)31-30(24)33(34,32(25)42-31)17-18-36(27)29(38)13-8-22-6-4-3-5-7-22/h3-13,15,19,21,25,27,32,39H,14,16-18,20H2,1-2H3/b12-9+,13-8+/t25-,27-,32+,33+,34?/m1/s1. The van der Waals surface area contributed by atoms with Crippen molar-refractivity contribution in [2.45, 2.75) is 54.9 Å². The molecule has 3 aromatic rings. The van der Waals surface area contributed by atoms with Crippen LogP contribution in [0.4, 0.5) is 0 Å². The first-order valence-corrected chi connectivity index (χ1v) is 14.5. The van der Waals surface area contributed by atoms with Gasteiger partial charge in [-0.3, -0.25) is 9.59 Å². The Morgan fingerprint density at radius 2 is 1.88 bits per heavy atom. The summed E-state index contributed by atoms with van der Waals surface area (Å²) in [5, 5.41) is 12.8. The lowest BCUT2D eigenvalue weighted by Crippen LogP contribution is -2.78. The van der Waals surface area contributed by atoms with Crippen molar-refractivity contribution in [1.82, 2.24) is 9.80 Å². The summed E-state index contributed by atoms with van der Waals surface area (Å²) in [6, 6.07) is 14.8. The summed E-state index contributed by atoms with van der Waals surface area (Å²) in [6.07, 6.45) is 11.4. The molecule has 2 aliphatic carbocycles. The number of aliphatic hydroxyl groups is 1. The van der Waals surface area contributed by atoms with E-state index in [1.165, 1.54) is 0 Å². The van der Waals surface area contributed by atoms with Gasteiger partial charge in [0.2, 0.25) is 11.8 Å². The number of hydrogen-bond acceptors (Lipinski definition) is 6. The molecule has 5 atom stereocenters. The summed E-state index contributed by atoms with van der Waals surface area (Å²) < 4.78 is 17.6. The summed E-state index contributed by atoms with van der Waals surface area (Å²) in [5.74, 6) is 1.01. The van der Waals surface area contributed by atoms with Crippen LogP contribution >= 0.6 is 0 Å². The number of nitrogens with zero attached hydrogens (tertiary/aromatic N) is 2. The maximum Gasteiger partial charge on any atom is 0.246 e. The average Bonchev–Trinajstić information content (AvgIpc) is 3.65. The van der Waals surface area contributed by atoms with Gasteiger partial charge in [-0.05, 0) is 61.1 Å². The molecule has 2 fully saturated rings. The topological polar surface area (TPSA) is 92.4 Å². The SMILES string of the molecule is COc1ccc2c3c1O[C@H]1[C@H](N(C)C(=O)/C=C/c4ccoc4)CCC4(O)[C@@H](C2)N(C(=O)/C=C/c2ccccc2)CC[C@]314. The van der Waals surface area contributed by atoms with Gasteiger partial charge in [-0.1, -0.05) is 36.4 Å². The van der Waals surface area contributed by atoms with Gasteiger partial charge >= 0.3 is 0 Å². The monoisotopic (exact) mass is 566 g/mol. The normalized spacial score (nSPS) is 28.9. The first kappa shape index (κ1) is 26.6. The number of benzene rings is 2. The molecule has 3 heterocycles. The Bertz CT molecular complexity index is 1580. The molecule has 0 radical (unpaired) electrons. The molecule has 1 aromatic heterocycles. The molecule has 2 bridgehead atoms. The summed E-state index contributed by atoms with van der Waals surface area (Å²) in [5.41, 5.74) is 1.80. The van der Waals surface area contributed by atoms with Crippen molar-refractivity contribution >= 4 is 24.0 Å². The predicted molar refractivity (Wildman–Crippen MR) is 157 cm³/mol. The van der Waals surface area contributed by atoms with Crippen LogP contribution in [-0.4, -0.2) is 71.2 Å². The van der Waals surface area contributed by atoms with Crippen molar-refractivity contribution in [3.63, 3.8) is 0 Å². The van der Waals surface area contributed by atoms with Crippen molar-refractivity contribution in [3.05, 3.63) is 95.5 Å². The van der Waals surface area contributed by atoms with Gasteiger partial charge in [0, 0.05) is 36.9 Å². The first-order chi connectivity index (χ1) is 20.4. The van der Waals surface area contributed by atoms with Crippen LogP contribution in [0.15, 0.2) is 77.6 Å². The summed E-state index contributed by atoms with van der Waals surface area (Å²) in [7, 11) is 3.42. The van der Waals surface area contributed by atoms with Crippen LogP contribution in [0.5, 0.6) is 11.5 Å². The Hall–Kier alpha value is -4.30. The van der Waals surface area contributed by atoms with Crippen LogP contribution in [0.25, 0.3) is 12.2 Å². The van der Waals surface area contributed by atoms with Gasteiger partial charge in [0.15, 0.2) is 11.5 Å². The fourth-order valence-electron chi connectivity index (χ4n) is 7.97. The summed E-state index contributed by atoms with van der Waals surface area (Å²) in [4.78, 5) is 30.6. The molecule has 216 valence electrons. The van der Waals surface area contributed by atoms with Gasteiger partial charge in [0.05, 0.1) is 42.7 Å². The van der Waals surface area contributed by atoms with Crippen LogP contribution in [-0.2, 0) is 21.4 Å². The fraction of sp³-hybridized carbons (Fsp3) is 0.353. The van der Waals surface area contributed by atoms with Crippen molar-refractivity contribution in [3.8, 4) is 11.5 Å². The Morgan fingerprint density at radius 1 is 1.07 bits per heavy atom. The van der Waals surface area contributed by atoms with E-state index in [0.29, 0.717) is 43.7 Å². The van der Waals surface area contributed by atoms with Gasteiger partial charge in [0.25, 0.3) is 0 Å². The quantitative estimate of drug-likeness (QED) is 0.450. The lowest BCUT2D eigenvalue weighted by Gasteiger charge is -2.64. The van der Waals surface area contributed by atoms with E-state index in [1.807, 2.05) is 53.4 Å². The van der Waals surface area contributed by atoms with Crippen molar-refractivity contribution in [2.75, 3.05) is 20.7 Å². The molecule has 1 N–H and O–H groups in total. The van der Waals surface area contributed by atoms with E-state index in [1.54, 1.807) is 55.9 Å². The molecule has 4 aliphatic rings. The third-order valence-electron chi connectivity index (χ3n) is 9.94. The van der Waals surface area contributed by atoms with E-state index in [-0.39, 0.29) is 17.9 Å². The van der Waals surface area contributed by atoms with Crippen LogP contribution < -0.4 is 9.47 Å². The smallest absolute Gasteiger partial charge is 0.246 e. The number of likely N-dealkylation sites (tertiary alicyclic amines) is 1. The van der Waals surface area contributed by atoms with Gasteiger partial charge < -0.3 is 28.8 Å². The highest BCUT2D eigenvalue weighted by molar-refractivity contribution is 5.93. The molecule has 1 unspecified atom stereocenters. The number of methoxy groups -OCH3 is 1. The highest BCUT2D eigenvalue weighted by atomic mass is 16.5. The average molecular weight is 567 g/mol. The third kappa shape index (κ3) is 3.78. The minimum absolute atomic E-state index is 0.112. The minimum Gasteiger partial charge on any atom is -0.493 e. The fourth-order valence-corrected chi connectivity index (χ4v) is 7.97. The van der Waals surface area contributed by atoms with Crippen molar-refractivity contribution in [2.24, 2.45) is 0 Å². The predicted octanol–water partition coefficient (Wildman–Crippen LogP) is 4.22. The molecule has 2 aliphatic heterocycles. The zero-order valence-corrected chi connectivity index (χ0v) is 23.7. The van der Waals surface area contributed by atoms with E-state index in [2.05, 4.69) is 0 Å². The Morgan fingerprint density at radius 3 is 2.64 bits per heavy atom. The maximum absolute atomic E-state index is 13.6. The zero-order chi connectivity index (χ0) is 29.1. The highest BCUT2D eigenvalue weighted by Gasteiger charge is 2.73. The van der Waals surface area contributed by atoms with E-state index in [0.717, 1.165) is 22.3 Å². The van der Waals surface area contributed by atoms with E-state index in [4.69, 9.17) is 13.9 Å². The molecular formula is C34H34N2O6. The molecule has 2 aromatic carbocycles. The molecule has 1 saturated heterocycles. The van der Waals surface area contributed by atoms with Crippen molar-refractivity contribution in [1.29, 1.82) is 0 Å². The highest BCUT2D eigenvalue weighted by Crippen LogP contribution is 2.66. The largest absolute Gasteiger partial charge is 0.493 e. The number of likely N-dealkylation sites (N-methyl/N-ethyl adjacent to an activating group) is 1.